The second-order valence-electron chi connectivity index (χ2n) is 6.76. The summed E-state index contributed by atoms with van der Waals surface area (Å²) in [6.45, 7) is 5.53. The average molecular weight is 382 g/mol. The number of amides is 1. The van der Waals surface area contributed by atoms with Gasteiger partial charge in [0.2, 0.25) is 5.78 Å². The predicted molar refractivity (Wildman–Crippen MR) is 108 cm³/mol. The van der Waals surface area contributed by atoms with Gasteiger partial charge in [-0.1, -0.05) is 18.2 Å². The fraction of sp³-hybridized carbons (Fsp3) is 0.273. The lowest BCUT2D eigenvalue weighted by Gasteiger charge is -2.16. The Kier molecular flexibility index (Phi) is 6.21. The van der Waals surface area contributed by atoms with Gasteiger partial charge < -0.3 is 15.2 Å². The molecule has 0 fully saturated rings. The fourth-order valence-electron chi connectivity index (χ4n) is 3.38. The molecule has 0 spiro atoms. The highest BCUT2D eigenvalue weighted by molar-refractivity contribution is 6.13. The van der Waals surface area contributed by atoms with Crippen LogP contribution in [0, 0.1) is 5.82 Å². The van der Waals surface area contributed by atoms with Crippen molar-refractivity contribution in [2.24, 2.45) is 0 Å². The zero-order valence-electron chi connectivity index (χ0n) is 16.1. The van der Waals surface area contributed by atoms with Crippen LogP contribution in [-0.4, -0.2) is 42.9 Å². The summed E-state index contributed by atoms with van der Waals surface area (Å²) >= 11 is 0. The van der Waals surface area contributed by atoms with Crippen molar-refractivity contribution in [1.29, 1.82) is 0 Å². The van der Waals surface area contributed by atoms with E-state index < -0.39 is 0 Å². The summed E-state index contributed by atoms with van der Waals surface area (Å²) in [5.74, 6) is -0.431. The zero-order valence-corrected chi connectivity index (χ0v) is 16.1. The van der Waals surface area contributed by atoms with Gasteiger partial charge in [-0.15, -0.1) is 0 Å². The molecule has 6 heteroatoms. The van der Waals surface area contributed by atoms with E-state index in [-0.39, 0.29) is 30.6 Å². The van der Waals surface area contributed by atoms with Gasteiger partial charge in [0.15, 0.2) is 6.54 Å². The maximum Gasteiger partial charge on any atom is 0.275 e. The molecule has 1 unspecified atom stereocenters. The van der Waals surface area contributed by atoms with E-state index in [1.165, 1.54) is 12.1 Å². The Balaban J connectivity index is 1.96. The molecule has 2 aromatic carbocycles. The van der Waals surface area contributed by atoms with E-state index >= 15 is 0 Å². The lowest BCUT2D eigenvalue weighted by Crippen LogP contribution is -3.13. The minimum absolute atomic E-state index is 0.0436. The molecule has 146 valence electrons. The summed E-state index contributed by atoms with van der Waals surface area (Å²) in [7, 11) is 0. The van der Waals surface area contributed by atoms with Gasteiger partial charge in [0.1, 0.15) is 12.4 Å². The van der Waals surface area contributed by atoms with E-state index in [0.29, 0.717) is 24.3 Å². The smallest absolute Gasteiger partial charge is 0.275 e. The van der Waals surface area contributed by atoms with E-state index in [1.54, 1.807) is 12.1 Å². The van der Waals surface area contributed by atoms with Crippen molar-refractivity contribution < 1.29 is 18.9 Å². The molecule has 28 heavy (non-hydrogen) atoms. The standard InChI is InChI=1S/C22H24FN3O2/c1-3-24-20(28)14-26(4-2)13-19(27)21-17-7-5-6-8-18(17)25-22(21)15-9-11-16(23)12-10-15/h5-12,25H,3-4,13-14H2,1-2H3,(H,24,28)/p+1. The summed E-state index contributed by atoms with van der Waals surface area (Å²) < 4.78 is 13.3. The highest BCUT2D eigenvalue weighted by Gasteiger charge is 2.24. The third-order valence-corrected chi connectivity index (χ3v) is 4.81. The number of ketones is 1. The van der Waals surface area contributed by atoms with Crippen LogP contribution >= 0.6 is 0 Å². The first-order valence-electron chi connectivity index (χ1n) is 9.53. The Labute approximate surface area is 163 Å². The second-order valence-corrected chi connectivity index (χ2v) is 6.76. The molecule has 0 saturated heterocycles. The van der Waals surface area contributed by atoms with Crippen LogP contribution in [0.5, 0.6) is 0 Å². The van der Waals surface area contributed by atoms with Gasteiger partial charge in [0, 0.05) is 17.4 Å². The first-order chi connectivity index (χ1) is 13.5. The number of aromatic amines is 1. The number of halogens is 1. The average Bonchev–Trinajstić information content (AvgIpc) is 3.07. The summed E-state index contributed by atoms with van der Waals surface area (Å²) in [6.07, 6.45) is 0. The summed E-state index contributed by atoms with van der Waals surface area (Å²) in [5.41, 5.74) is 2.87. The number of H-pyrrole nitrogens is 1. The summed E-state index contributed by atoms with van der Waals surface area (Å²) in [5, 5.41) is 3.61. The van der Waals surface area contributed by atoms with E-state index in [2.05, 4.69) is 10.3 Å². The van der Waals surface area contributed by atoms with Crippen molar-refractivity contribution in [2.45, 2.75) is 13.8 Å². The molecule has 1 heterocycles. The van der Waals surface area contributed by atoms with Crippen LogP contribution in [0.3, 0.4) is 0 Å². The number of carbonyl (C=O) groups excluding carboxylic acids is 2. The minimum Gasteiger partial charge on any atom is -0.354 e. The topological polar surface area (TPSA) is 66.4 Å². The third kappa shape index (κ3) is 4.28. The molecule has 1 amide bonds. The first-order valence-corrected chi connectivity index (χ1v) is 9.53. The van der Waals surface area contributed by atoms with Gasteiger partial charge in [-0.25, -0.2) is 4.39 Å². The molecule has 1 atom stereocenters. The van der Waals surface area contributed by atoms with E-state index in [9.17, 15) is 14.0 Å². The minimum atomic E-state index is -0.323. The Morgan fingerprint density at radius 2 is 1.75 bits per heavy atom. The quantitative estimate of drug-likeness (QED) is 0.523. The maximum atomic E-state index is 13.3. The molecule has 0 saturated carbocycles. The van der Waals surface area contributed by atoms with Crippen LogP contribution in [0.4, 0.5) is 4.39 Å². The highest BCUT2D eigenvalue weighted by Crippen LogP contribution is 2.30. The Hall–Kier alpha value is -2.99. The molecule has 0 aliphatic carbocycles. The van der Waals surface area contributed by atoms with Gasteiger partial charge in [0.05, 0.1) is 17.8 Å². The van der Waals surface area contributed by atoms with Gasteiger partial charge in [-0.05, 0) is 49.7 Å². The normalized spacial score (nSPS) is 12.1. The number of rotatable bonds is 8. The molecule has 0 radical (unpaired) electrons. The Morgan fingerprint density at radius 3 is 2.43 bits per heavy atom. The molecule has 0 aliphatic rings. The lowest BCUT2D eigenvalue weighted by atomic mass is 10.0. The van der Waals surface area contributed by atoms with Crippen molar-refractivity contribution in [3.05, 3.63) is 59.9 Å². The number of hydrogen-bond donors (Lipinski definition) is 3. The van der Waals surface area contributed by atoms with Crippen molar-refractivity contribution in [2.75, 3.05) is 26.2 Å². The number of para-hydroxylation sites is 1. The van der Waals surface area contributed by atoms with Crippen LogP contribution < -0.4 is 10.2 Å². The SMILES string of the molecule is CCNC(=O)C[NH+](CC)CC(=O)c1c(-c2ccc(F)cc2)[nH]c2ccccc12. The van der Waals surface area contributed by atoms with Gasteiger partial charge in [-0.3, -0.25) is 9.59 Å². The number of nitrogens with one attached hydrogen (secondary N) is 3. The van der Waals surface area contributed by atoms with Crippen LogP contribution in [0.25, 0.3) is 22.2 Å². The molecule has 3 N–H and O–H groups in total. The lowest BCUT2D eigenvalue weighted by molar-refractivity contribution is -0.881. The van der Waals surface area contributed by atoms with Crippen molar-refractivity contribution in [3.8, 4) is 11.3 Å². The van der Waals surface area contributed by atoms with E-state index in [0.717, 1.165) is 21.4 Å². The maximum absolute atomic E-state index is 13.3. The highest BCUT2D eigenvalue weighted by atomic mass is 19.1. The van der Waals surface area contributed by atoms with E-state index in [1.807, 2.05) is 38.1 Å². The molecule has 0 bridgehead atoms. The van der Waals surface area contributed by atoms with Crippen LogP contribution in [-0.2, 0) is 4.79 Å². The van der Waals surface area contributed by atoms with Crippen molar-refractivity contribution >= 4 is 22.6 Å². The molecule has 1 aromatic heterocycles. The van der Waals surface area contributed by atoms with Gasteiger partial charge >= 0.3 is 0 Å². The molecular formula is C22H25FN3O2+. The molecule has 3 aromatic rings. The van der Waals surface area contributed by atoms with Crippen LogP contribution in [0.15, 0.2) is 48.5 Å². The van der Waals surface area contributed by atoms with Gasteiger partial charge in [0.25, 0.3) is 5.91 Å². The Morgan fingerprint density at radius 1 is 1.04 bits per heavy atom. The number of fused-ring (bicyclic) bond motifs is 1. The van der Waals surface area contributed by atoms with Crippen molar-refractivity contribution in [3.63, 3.8) is 0 Å². The molecule has 0 aliphatic heterocycles. The second kappa shape index (κ2) is 8.80. The summed E-state index contributed by atoms with van der Waals surface area (Å²) in [4.78, 5) is 29.4. The number of carbonyl (C=O) groups is 2. The number of Topliss-reactive ketones (excluding diaryl/α,β-unsaturated/α-hetero) is 1. The Bertz CT molecular complexity index is 979. The zero-order chi connectivity index (χ0) is 20.1. The van der Waals surface area contributed by atoms with Gasteiger partial charge in [-0.2, -0.15) is 0 Å². The molecule has 3 rings (SSSR count). The molecule has 5 nitrogen and oxygen atoms in total. The number of benzene rings is 2. The first kappa shape index (κ1) is 19.8. The van der Waals surface area contributed by atoms with Crippen molar-refractivity contribution in [1.82, 2.24) is 10.3 Å². The fourth-order valence-corrected chi connectivity index (χ4v) is 3.38. The predicted octanol–water partition coefficient (Wildman–Crippen LogP) is 2.20. The van der Waals surface area contributed by atoms with E-state index in [4.69, 9.17) is 0 Å². The largest absolute Gasteiger partial charge is 0.354 e. The molecular weight excluding hydrogens is 357 g/mol. The number of aromatic nitrogens is 1. The third-order valence-electron chi connectivity index (χ3n) is 4.81. The van der Waals surface area contributed by atoms with Crippen LogP contribution in [0.2, 0.25) is 0 Å². The number of quaternary nitrogens is 1. The summed E-state index contributed by atoms with van der Waals surface area (Å²) in [6, 6.07) is 13.7. The monoisotopic (exact) mass is 382 g/mol. The van der Waals surface area contributed by atoms with Crippen LogP contribution in [0.1, 0.15) is 24.2 Å². The number of likely N-dealkylation sites (N-methyl/N-ethyl adjacent to an activating group) is 2. The number of hydrogen-bond acceptors (Lipinski definition) is 2.